The fourth-order valence-electron chi connectivity index (χ4n) is 1.51. The van der Waals surface area contributed by atoms with Gasteiger partial charge in [0.15, 0.2) is 0 Å². The van der Waals surface area contributed by atoms with Gasteiger partial charge in [-0.25, -0.2) is 17.9 Å². The van der Waals surface area contributed by atoms with Crippen molar-refractivity contribution < 1.29 is 13.2 Å². The maximum absolute atomic E-state index is 11.9. The molecule has 0 spiro atoms. The van der Waals surface area contributed by atoms with Crippen molar-refractivity contribution in [2.45, 2.75) is 4.90 Å². The Morgan fingerprint density at radius 2 is 1.55 bits per heavy atom. The predicted octanol–water partition coefficient (Wildman–Crippen LogP) is 1.78. The Morgan fingerprint density at radius 1 is 0.950 bits per heavy atom. The summed E-state index contributed by atoms with van der Waals surface area (Å²) in [5.41, 5.74) is 6.42. The molecular weight excluding hydrogens is 278 g/mol. The van der Waals surface area contributed by atoms with Gasteiger partial charge in [0, 0.05) is 11.4 Å². The van der Waals surface area contributed by atoms with Gasteiger partial charge in [0.25, 0.3) is 10.0 Å². The van der Waals surface area contributed by atoms with E-state index in [9.17, 15) is 13.2 Å². The van der Waals surface area contributed by atoms with Crippen LogP contribution in [0.2, 0.25) is 0 Å². The molecule has 0 fully saturated rings. The molecule has 0 radical (unpaired) electrons. The van der Waals surface area contributed by atoms with Gasteiger partial charge in [-0.3, -0.25) is 0 Å². The molecule has 4 N–H and O–H groups in total. The predicted molar refractivity (Wildman–Crippen MR) is 76.6 cm³/mol. The summed E-state index contributed by atoms with van der Waals surface area (Å²) in [5, 5.41) is 2.43. The van der Waals surface area contributed by atoms with E-state index in [0.29, 0.717) is 11.4 Å². The number of hydrogen-bond donors (Lipinski definition) is 3. The van der Waals surface area contributed by atoms with Gasteiger partial charge in [0.2, 0.25) is 0 Å². The van der Waals surface area contributed by atoms with E-state index in [-0.39, 0.29) is 4.90 Å². The van der Waals surface area contributed by atoms with Crippen molar-refractivity contribution in [2.24, 2.45) is 0 Å². The number of sulfonamides is 1. The molecule has 0 bridgehead atoms. The van der Waals surface area contributed by atoms with E-state index >= 15 is 0 Å². The molecule has 2 rings (SSSR count). The van der Waals surface area contributed by atoms with Crippen LogP contribution in [0.25, 0.3) is 0 Å². The lowest BCUT2D eigenvalue weighted by Gasteiger charge is -2.08. The molecule has 0 aromatic heterocycles. The summed E-state index contributed by atoms with van der Waals surface area (Å²) in [5.74, 6) is 0. The molecule has 7 heteroatoms. The van der Waals surface area contributed by atoms with Gasteiger partial charge < -0.3 is 11.1 Å². The zero-order chi connectivity index (χ0) is 14.6. The summed E-state index contributed by atoms with van der Waals surface area (Å²) in [6.07, 6.45) is 0. The fraction of sp³-hybridized carbons (Fsp3) is 0. The van der Waals surface area contributed by atoms with Crippen LogP contribution in [0.3, 0.4) is 0 Å². The molecular formula is C13H13N3O3S. The van der Waals surface area contributed by atoms with E-state index in [1.165, 1.54) is 24.3 Å². The SMILES string of the molecule is Nc1ccc(S(=O)(=O)NC(=O)Nc2ccccc2)cc1. The van der Waals surface area contributed by atoms with Crippen LogP contribution in [-0.4, -0.2) is 14.4 Å². The first kappa shape index (κ1) is 13.9. The molecule has 0 aliphatic rings. The summed E-state index contributed by atoms with van der Waals surface area (Å²) in [6.45, 7) is 0. The third-order valence-corrected chi connectivity index (χ3v) is 3.80. The van der Waals surface area contributed by atoms with Crippen LogP contribution in [0.15, 0.2) is 59.5 Å². The van der Waals surface area contributed by atoms with Crippen molar-refractivity contribution in [2.75, 3.05) is 11.1 Å². The second-order valence-corrected chi connectivity index (χ2v) is 5.68. The molecule has 0 atom stereocenters. The van der Waals surface area contributed by atoms with Gasteiger partial charge in [-0.05, 0) is 36.4 Å². The quantitative estimate of drug-likeness (QED) is 0.750. The van der Waals surface area contributed by atoms with Gasteiger partial charge in [-0.15, -0.1) is 0 Å². The Balaban J connectivity index is 2.08. The summed E-state index contributed by atoms with van der Waals surface area (Å²) in [6, 6.07) is 13.3. The van der Waals surface area contributed by atoms with Crippen molar-refractivity contribution in [3.8, 4) is 0 Å². The second-order valence-electron chi connectivity index (χ2n) is 3.99. The molecule has 6 nitrogen and oxygen atoms in total. The standard InChI is InChI=1S/C13H13N3O3S/c14-10-6-8-12(9-7-10)20(18,19)16-13(17)15-11-4-2-1-3-5-11/h1-9H,14H2,(H2,15,16,17). The molecule has 2 aromatic carbocycles. The Hall–Kier alpha value is -2.54. The number of nitrogen functional groups attached to an aromatic ring is 1. The lowest BCUT2D eigenvalue weighted by molar-refractivity contribution is 0.256. The van der Waals surface area contributed by atoms with Gasteiger partial charge in [-0.2, -0.15) is 0 Å². The number of anilines is 2. The molecule has 0 saturated heterocycles. The van der Waals surface area contributed by atoms with Gasteiger partial charge in [0.1, 0.15) is 0 Å². The smallest absolute Gasteiger partial charge is 0.333 e. The minimum absolute atomic E-state index is 0.0325. The molecule has 2 aromatic rings. The van der Waals surface area contributed by atoms with Crippen LogP contribution in [0, 0.1) is 0 Å². The molecule has 0 unspecified atom stereocenters. The molecule has 0 saturated carbocycles. The van der Waals surface area contributed by atoms with E-state index in [4.69, 9.17) is 5.73 Å². The first-order valence-corrected chi connectivity index (χ1v) is 7.20. The highest BCUT2D eigenvalue weighted by Gasteiger charge is 2.17. The molecule has 0 heterocycles. The zero-order valence-corrected chi connectivity index (χ0v) is 11.2. The van der Waals surface area contributed by atoms with Crippen molar-refractivity contribution in [1.82, 2.24) is 4.72 Å². The highest BCUT2D eigenvalue weighted by Crippen LogP contribution is 2.12. The minimum atomic E-state index is -3.91. The van der Waals surface area contributed by atoms with Crippen LogP contribution in [0.4, 0.5) is 16.2 Å². The summed E-state index contributed by atoms with van der Waals surface area (Å²) in [4.78, 5) is 11.6. The number of rotatable bonds is 3. The zero-order valence-electron chi connectivity index (χ0n) is 10.4. The minimum Gasteiger partial charge on any atom is -0.399 e. The van der Waals surface area contributed by atoms with Crippen molar-refractivity contribution in [1.29, 1.82) is 0 Å². The van der Waals surface area contributed by atoms with E-state index in [0.717, 1.165) is 0 Å². The number of hydrogen-bond acceptors (Lipinski definition) is 4. The van der Waals surface area contributed by atoms with E-state index in [1.54, 1.807) is 30.3 Å². The first-order valence-electron chi connectivity index (χ1n) is 5.72. The van der Waals surface area contributed by atoms with Crippen LogP contribution in [0.5, 0.6) is 0 Å². The normalized spacial score (nSPS) is 10.8. The van der Waals surface area contributed by atoms with Crippen LogP contribution in [0.1, 0.15) is 0 Å². The number of para-hydroxylation sites is 1. The van der Waals surface area contributed by atoms with Crippen molar-refractivity contribution in [3.63, 3.8) is 0 Å². The molecule has 0 aliphatic heterocycles. The highest BCUT2D eigenvalue weighted by molar-refractivity contribution is 7.90. The van der Waals surface area contributed by atoms with Gasteiger partial charge in [-0.1, -0.05) is 18.2 Å². The Kier molecular flexibility index (Phi) is 3.90. The number of carbonyl (C=O) groups excluding carboxylic acids is 1. The largest absolute Gasteiger partial charge is 0.399 e. The van der Waals surface area contributed by atoms with E-state index in [1.807, 2.05) is 4.72 Å². The third-order valence-electron chi connectivity index (χ3n) is 2.45. The van der Waals surface area contributed by atoms with Gasteiger partial charge in [0.05, 0.1) is 4.90 Å². The highest BCUT2D eigenvalue weighted by atomic mass is 32.2. The second kappa shape index (κ2) is 5.62. The first-order chi connectivity index (χ1) is 9.47. The molecule has 0 aliphatic carbocycles. The Labute approximate surface area is 116 Å². The summed E-state index contributed by atoms with van der Waals surface area (Å²) in [7, 11) is -3.91. The average Bonchev–Trinajstić information content (AvgIpc) is 2.39. The fourth-order valence-corrected chi connectivity index (χ4v) is 2.41. The summed E-state index contributed by atoms with van der Waals surface area (Å²) < 4.78 is 25.8. The average molecular weight is 291 g/mol. The third kappa shape index (κ3) is 3.48. The number of nitrogens with two attached hydrogens (primary N) is 1. The number of benzene rings is 2. The Bertz CT molecular complexity index is 697. The maximum Gasteiger partial charge on any atom is 0.333 e. The lowest BCUT2D eigenvalue weighted by atomic mass is 10.3. The number of carbonyl (C=O) groups is 1. The van der Waals surface area contributed by atoms with Crippen LogP contribution >= 0.6 is 0 Å². The van der Waals surface area contributed by atoms with Crippen LogP contribution < -0.4 is 15.8 Å². The molecule has 2 amide bonds. The maximum atomic E-state index is 11.9. The number of nitrogens with one attached hydrogen (secondary N) is 2. The number of amides is 2. The van der Waals surface area contributed by atoms with Crippen LogP contribution in [-0.2, 0) is 10.0 Å². The van der Waals surface area contributed by atoms with Gasteiger partial charge >= 0.3 is 6.03 Å². The molecule has 20 heavy (non-hydrogen) atoms. The Morgan fingerprint density at radius 3 is 2.15 bits per heavy atom. The summed E-state index contributed by atoms with van der Waals surface area (Å²) >= 11 is 0. The topological polar surface area (TPSA) is 101 Å². The van der Waals surface area contributed by atoms with E-state index in [2.05, 4.69) is 5.32 Å². The van der Waals surface area contributed by atoms with E-state index < -0.39 is 16.1 Å². The number of urea groups is 1. The monoisotopic (exact) mass is 291 g/mol. The van der Waals surface area contributed by atoms with Crippen molar-refractivity contribution >= 4 is 27.4 Å². The molecule has 104 valence electrons. The lowest BCUT2D eigenvalue weighted by Crippen LogP contribution is -2.34. The van der Waals surface area contributed by atoms with Crippen molar-refractivity contribution in [3.05, 3.63) is 54.6 Å².